The maximum atomic E-state index is 5.97. The average Bonchev–Trinajstić information content (AvgIpc) is 2.76. The molecule has 1 aromatic heterocycles. The molecular weight excluding hydrogens is 246 g/mol. The molecule has 0 aliphatic heterocycles. The molecule has 0 atom stereocenters. The summed E-state index contributed by atoms with van der Waals surface area (Å²) in [4.78, 5) is 0. The van der Waals surface area contributed by atoms with Gasteiger partial charge in [0, 0.05) is 17.6 Å². The Morgan fingerprint density at radius 2 is 2.19 bits per heavy atom. The normalized spacial score (nSPS) is 10.2. The van der Waals surface area contributed by atoms with Crippen LogP contribution in [-0.4, -0.2) is 22.9 Å². The summed E-state index contributed by atoms with van der Waals surface area (Å²) in [6.45, 7) is 0. The van der Waals surface area contributed by atoms with Gasteiger partial charge in [-0.1, -0.05) is 11.6 Å². The van der Waals surface area contributed by atoms with E-state index < -0.39 is 0 Å². The van der Waals surface area contributed by atoms with Crippen LogP contribution in [0.1, 0.15) is 0 Å². The predicted molar refractivity (Wildman–Crippen MR) is 66.5 cm³/mol. The second-order valence-electron chi connectivity index (χ2n) is 3.06. The quantitative estimate of drug-likeness (QED) is 0.916. The van der Waals surface area contributed by atoms with Gasteiger partial charge in [0.15, 0.2) is 5.82 Å². The second-order valence-corrected chi connectivity index (χ2v) is 4.02. The fraction of sp³-hybridized carbons (Fsp3) is 0.200. The molecule has 0 fully saturated rings. The zero-order chi connectivity index (χ0) is 11.5. The van der Waals surface area contributed by atoms with Crippen LogP contribution in [0.25, 0.3) is 11.3 Å². The molecule has 4 nitrogen and oxygen atoms in total. The summed E-state index contributed by atoms with van der Waals surface area (Å²) in [7, 11) is 3.42. The van der Waals surface area contributed by atoms with Gasteiger partial charge < -0.3 is 10.1 Å². The molecule has 0 bridgehead atoms. The standard InChI is InChI=1S/C10H10ClN3OS/c1-12-10-9(13-16-14-10)7-5-6(11)3-4-8(7)15-2/h3-5H,1-2H3,(H,12,14). The average molecular weight is 256 g/mol. The van der Waals surface area contributed by atoms with E-state index in [0.717, 1.165) is 34.6 Å². The highest BCUT2D eigenvalue weighted by atomic mass is 35.5. The number of halogens is 1. The van der Waals surface area contributed by atoms with Crippen molar-refractivity contribution in [2.75, 3.05) is 19.5 Å². The molecule has 0 saturated carbocycles. The largest absolute Gasteiger partial charge is 0.496 e. The Morgan fingerprint density at radius 1 is 1.38 bits per heavy atom. The minimum absolute atomic E-state index is 0.644. The molecule has 0 unspecified atom stereocenters. The molecule has 0 aliphatic rings. The summed E-state index contributed by atoms with van der Waals surface area (Å²) < 4.78 is 13.6. The van der Waals surface area contributed by atoms with Crippen molar-refractivity contribution in [2.45, 2.75) is 0 Å². The Kier molecular flexibility index (Phi) is 3.26. The third-order valence-electron chi connectivity index (χ3n) is 2.14. The van der Waals surface area contributed by atoms with Crippen LogP contribution in [0.5, 0.6) is 5.75 Å². The van der Waals surface area contributed by atoms with Crippen LogP contribution in [0, 0.1) is 0 Å². The lowest BCUT2D eigenvalue weighted by Gasteiger charge is -2.07. The Morgan fingerprint density at radius 3 is 2.88 bits per heavy atom. The Balaban J connectivity index is 2.58. The van der Waals surface area contributed by atoms with Crippen LogP contribution in [0.3, 0.4) is 0 Å². The topological polar surface area (TPSA) is 47.0 Å². The first kappa shape index (κ1) is 11.2. The first-order chi connectivity index (χ1) is 7.76. The number of aromatic nitrogens is 2. The van der Waals surface area contributed by atoms with Crippen molar-refractivity contribution in [3.63, 3.8) is 0 Å². The molecule has 2 aromatic rings. The molecule has 0 aliphatic carbocycles. The highest BCUT2D eigenvalue weighted by Gasteiger charge is 2.14. The van der Waals surface area contributed by atoms with Gasteiger partial charge in [0.1, 0.15) is 11.4 Å². The van der Waals surface area contributed by atoms with E-state index in [9.17, 15) is 0 Å². The van der Waals surface area contributed by atoms with E-state index in [0.29, 0.717) is 5.02 Å². The van der Waals surface area contributed by atoms with Crippen molar-refractivity contribution >= 4 is 29.1 Å². The maximum Gasteiger partial charge on any atom is 0.168 e. The number of nitrogens with one attached hydrogen (secondary N) is 1. The summed E-state index contributed by atoms with van der Waals surface area (Å²) >= 11 is 7.12. The van der Waals surface area contributed by atoms with E-state index in [1.807, 2.05) is 12.1 Å². The maximum absolute atomic E-state index is 5.97. The third kappa shape index (κ3) is 1.96. The van der Waals surface area contributed by atoms with E-state index in [1.54, 1.807) is 20.2 Å². The van der Waals surface area contributed by atoms with E-state index >= 15 is 0 Å². The second kappa shape index (κ2) is 4.67. The van der Waals surface area contributed by atoms with Gasteiger partial charge in [0.2, 0.25) is 0 Å². The number of hydrogen-bond donors (Lipinski definition) is 1. The van der Waals surface area contributed by atoms with Crippen molar-refractivity contribution in [3.8, 4) is 17.0 Å². The molecule has 1 aromatic carbocycles. The summed E-state index contributed by atoms with van der Waals surface area (Å²) in [5.41, 5.74) is 1.60. The summed E-state index contributed by atoms with van der Waals surface area (Å²) in [5, 5.41) is 3.63. The van der Waals surface area contributed by atoms with Gasteiger partial charge in [-0.15, -0.1) is 0 Å². The van der Waals surface area contributed by atoms with E-state index in [-0.39, 0.29) is 0 Å². The van der Waals surface area contributed by atoms with Crippen molar-refractivity contribution in [1.29, 1.82) is 0 Å². The van der Waals surface area contributed by atoms with E-state index in [2.05, 4.69) is 14.1 Å². The van der Waals surface area contributed by atoms with Crippen molar-refractivity contribution in [2.24, 2.45) is 0 Å². The highest BCUT2D eigenvalue weighted by molar-refractivity contribution is 6.99. The molecule has 0 radical (unpaired) electrons. The van der Waals surface area contributed by atoms with Gasteiger partial charge in [0.25, 0.3) is 0 Å². The molecule has 0 spiro atoms. The first-order valence-corrected chi connectivity index (χ1v) is 5.71. The molecule has 6 heteroatoms. The molecule has 84 valence electrons. The Hall–Kier alpha value is -1.33. The number of rotatable bonds is 3. The van der Waals surface area contributed by atoms with Gasteiger partial charge in [-0.05, 0) is 18.2 Å². The SMILES string of the molecule is CNc1nsnc1-c1cc(Cl)ccc1OC. The molecule has 0 amide bonds. The lowest BCUT2D eigenvalue weighted by atomic mass is 10.1. The number of methoxy groups -OCH3 is 1. The monoisotopic (exact) mass is 255 g/mol. The van der Waals surface area contributed by atoms with Gasteiger partial charge in [-0.3, -0.25) is 0 Å². The zero-order valence-corrected chi connectivity index (χ0v) is 10.4. The van der Waals surface area contributed by atoms with Gasteiger partial charge in [-0.25, -0.2) is 0 Å². The van der Waals surface area contributed by atoms with E-state index in [1.165, 1.54) is 0 Å². The zero-order valence-electron chi connectivity index (χ0n) is 8.82. The Labute approximate surface area is 103 Å². The number of benzene rings is 1. The molecular formula is C10H10ClN3OS. The summed E-state index contributed by atoms with van der Waals surface area (Å²) in [6.07, 6.45) is 0. The number of nitrogens with zero attached hydrogens (tertiary/aromatic N) is 2. The fourth-order valence-electron chi connectivity index (χ4n) is 1.39. The van der Waals surface area contributed by atoms with Gasteiger partial charge in [-0.2, -0.15) is 8.75 Å². The summed E-state index contributed by atoms with van der Waals surface area (Å²) in [5.74, 6) is 1.46. The van der Waals surface area contributed by atoms with Crippen LogP contribution in [0.15, 0.2) is 18.2 Å². The van der Waals surface area contributed by atoms with Gasteiger partial charge in [0.05, 0.1) is 18.8 Å². The van der Waals surface area contributed by atoms with Crippen molar-refractivity contribution < 1.29 is 4.74 Å². The number of ether oxygens (including phenoxy) is 1. The van der Waals surface area contributed by atoms with Crippen molar-refractivity contribution in [3.05, 3.63) is 23.2 Å². The molecule has 1 N–H and O–H groups in total. The van der Waals surface area contributed by atoms with Crippen LogP contribution >= 0.6 is 23.3 Å². The third-order valence-corrected chi connectivity index (χ3v) is 2.91. The van der Waals surface area contributed by atoms with Crippen molar-refractivity contribution in [1.82, 2.24) is 8.75 Å². The predicted octanol–water partition coefficient (Wildman–Crippen LogP) is 2.91. The molecule has 1 heterocycles. The molecule has 16 heavy (non-hydrogen) atoms. The van der Waals surface area contributed by atoms with Gasteiger partial charge >= 0.3 is 0 Å². The van der Waals surface area contributed by atoms with Crippen LogP contribution in [0.2, 0.25) is 5.02 Å². The fourth-order valence-corrected chi connectivity index (χ4v) is 2.13. The van der Waals surface area contributed by atoms with Crippen LogP contribution in [0.4, 0.5) is 5.82 Å². The number of anilines is 1. The minimum atomic E-state index is 0.644. The van der Waals surface area contributed by atoms with Crippen LogP contribution in [-0.2, 0) is 0 Å². The van der Waals surface area contributed by atoms with E-state index in [4.69, 9.17) is 16.3 Å². The first-order valence-electron chi connectivity index (χ1n) is 4.60. The molecule has 0 saturated heterocycles. The Bertz CT molecular complexity index is 501. The number of hydrogen-bond acceptors (Lipinski definition) is 5. The highest BCUT2D eigenvalue weighted by Crippen LogP contribution is 2.35. The smallest absolute Gasteiger partial charge is 0.168 e. The minimum Gasteiger partial charge on any atom is -0.496 e. The lowest BCUT2D eigenvalue weighted by Crippen LogP contribution is -1.93. The van der Waals surface area contributed by atoms with Crippen LogP contribution < -0.4 is 10.1 Å². The lowest BCUT2D eigenvalue weighted by molar-refractivity contribution is 0.416. The summed E-state index contributed by atoms with van der Waals surface area (Å²) in [6, 6.07) is 5.41. The molecule has 2 rings (SSSR count).